The van der Waals surface area contributed by atoms with E-state index in [1.807, 2.05) is 54.6 Å². The van der Waals surface area contributed by atoms with Crippen LogP contribution in [0.25, 0.3) is 23.0 Å². The molecule has 3 aromatic rings. The molecule has 1 saturated heterocycles. The van der Waals surface area contributed by atoms with E-state index in [0.29, 0.717) is 17.2 Å². The number of para-hydroxylation sites is 1. The van der Waals surface area contributed by atoms with Crippen molar-refractivity contribution in [3.8, 4) is 16.9 Å². The highest BCUT2D eigenvalue weighted by molar-refractivity contribution is 6.31. The van der Waals surface area contributed by atoms with Gasteiger partial charge in [0, 0.05) is 17.3 Å². The molecule has 0 bridgehead atoms. The molecule has 2 N–H and O–H groups in total. The smallest absolute Gasteiger partial charge is 0.273 e. The number of benzene rings is 2. The van der Waals surface area contributed by atoms with Crippen molar-refractivity contribution in [1.29, 1.82) is 0 Å². The average Bonchev–Trinajstić information content (AvgIpc) is 3.15. The Bertz CT molecular complexity index is 1140. The van der Waals surface area contributed by atoms with Crippen LogP contribution in [0.4, 0.5) is 4.79 Å². The van der Waals surface area contributed by atoms with Gasteiger partial charge in [0.2, 0.25) is 0 Å². The Hall–Kier alpha value is -4.00. The van der Waals surface area contributed by atoms with Crippen molar-refractivity contribution in [3.63, 3.8) is 0 Å². The number of carbonyl (C=O) groups excluding carboxylic acids is 3. The van der Waals surface area contributed by atoms with Crippen LogP contribution in [-0.4, -0.2) is 27.6 Å². The van der Waals surface area contributed by atoms with Crippen LogP contribution < -0.4 is 10.6 Å². The lowest BCUT2D eigenvalue weighted by Crippen LogP contribution is -2.51. The van der Waals surface area contributed by atoms with Crippen LogP contribution in [0, 0.1) is 0 Å². The topological polar surface area (TPSA) is 93.1 Å². The van der Waals surface area contributed by atoms with E-state index in [-0.39, 0.29) is 5.57 Å². The molecular formula is C23H20N4O3. The number of nitrogens with one attached hydrogen (secondary N) is 2. The number of rotatable bonds is 4. The van der Waals surface area contributed by atoms with Crippen molar-refractivity contribution in [2.45, 2.75) is 19.8 Å². The van der Waals surface area contributed by atoms with Crippen LogP contribution in [0.2, 0.25) is 0 Å². The first-order valence-corrected chi connectivity index (χ1v) is 9.56. The van der Waals surface area contributed by atoms with E-state index in [4.69, 9.17) is 5.10 Å². The summed E-state index contributed by atoms with van der Waals surface area (Å²) in [7, 11) is 0. The van der Waals surface area contributed by atoms with Gasteiger partial charge in [0.15, 0.2) is 0 Å². The van der Waals surface area contributed by atoms with Crippen LogP contribution in [0.5, 0.6) is 0 Å². The second kappa shape index (κ2) is 7.79. The second-order valence-electron chi connectivity index (χ2n) is 7.29. The number of barbiturate groups is 1. The number of hydrogen-bond acceptors (Lipinski definition) is 4. The summed E-state index contributed by atoms with van der Waals surface area (Å²) in [5, 5.41) is 8.88. The van der Waals surface area contributed by atoms with E-state index in [2.05, 4.69) is 24.5 Å². The minimum atomic E-state index is -0.827. The number of amides is 4. The molecule has 2 heterocycles. The van der Waals surface area contributed by atoms with E-state index in [9.17, 15) is 14.4 Å². The molecule has 0 saturated carbocycles. The Balaban J connectivity index is 1.83. The molecule has 0 spiro atoms. The molecule has 2 aromatic carbocycles. The number of urea groups is 1. The summed E-state index contributed by atoms with van der Waals surface area (Å²) in [5.74, 6) is -1.08. The summed E-state index contributed by atoms with van der Waals surface area (Å²) in [6, 6.07) is 16.7. The maximum Gasteiger partial charge on any atom is 0.328 e. The highest BCUT2D eigenvalue weighted by Gasteiger charge is 2.28. The number of nitrogens with zero attached hydrogens (tertiary/aromatic N) is 2. The van der Waals surface area contributed by atoms with Gasteiger partial charge in [-0.25, -0.2) is 9.48 Å². The summed E-state index contributed by atoms with van der Waals surface area (Å²) in [5.41, 5.74) is 3.96. The molecule has 4 amide bonds. The lowest BCUT2D eigenvalue weighted by molar-refractivity contribution is -0.123. The first-order chi connectivity index (χ1) is 14.4. The second-order valence-corrected chi connectivity index (χ2v) is 7.29. The summed E-state index contributed by atoms with van der Waals surface area (Å²) in [6.45, 7) is 4.24. The first-order valence-electron chi connectivity index (χ1n) is 9.56. The Labute approximate surface area is 173 Å². The van der Waals surface area contributed by atoms with Gasteiger partial charge in [0.25, 0.3) is 11.8 Å². The van der Waals surface area contributed by atoms with Gasteiger partial charge in [-0.2, -0.15) is 5.10 Å². The van der Waals surface area contributed by atoms with Gasteiger partial charge in [-0.1, -0.05) is 56.3 Å². The quantitative estimate of drug-likeness (QED) is 0.518. The molecule has 1 fully saturated rings. The lowest BCUT2D eigenvalue weighted by Gasteiger charge is -2.13. The van der Waals surface area contributed by atoms with Gasteiger partial charge in [-0.15, -0.1) is 0 Å². The molecule has 0 aliphatic carbocycles. The minimum absolute atomic E-state index is 0.151. The van der Waals surface area contributed by atoms with E-state index in [0.717, 1.165) is 11.3 Å². The molecule has 1 aromatic heterocycles. The Morgan fingerprint density at radius 3 is 2.13 bits per heavy atom. The van der Waals surface area contributed by atoms with E-state index in [1.54, 1.807) is 10.9 Å². The van der Waals surface area contributed by atoms with Crippen molar-refractivity contribution >= 4 is 23.9 Å². The lowest BCUT2D eigenvalue weighted by atomic mass is 9.99. The minimum Gasteiger partial charge on any atom is -0.273 e. The van der Waals surface area contributed by atoms with Crippen molar-refractivity contribution in [1.82, 2.24) is 20.4 Å². The summed E-state index contributed by atoms with van der Waals surface area (Å²) in [4.78, 5) is 35.7. The molecule has 30 heavy (non-hydrogen) atoms. The zero-order valence-electron chi connectivity index (χ0n) is 16.5. The van der Waals surface area contributed by atoms with Gasteiger partial charge in [-0.3, -0.25) is 20.2 Å². The van der Waals surface area contributed by atoms with Crippen molar-refractivity contribution < 1.29 is 14.4 Å². The average molecular weight is 400 g/mol. The van der Waals surface area contributed by atoms with Crippen LogP contribution in [0.3, 0.4) is 0 Å². The van der Waals surface area contributed by atoms with E-state index in [1.165, 1.54) is 11.6 Å². The molecule has 1 aliphatic heterocycles. The fourth-order valence-corrected chi connectivity index (χ4v) is 3.22. The van der Waals surface area contributed by atoms with Crippen LogP contribution >= 0.6 is 0 Å². The fourth-order valence-electron chi connectivity index (χ4n) is 3.22. The Morgan fingerprint density at radius 2 is 1.53 bits per heavy atom. The normalized spacial score (nSPS) is 14.0. The van der Waals surface area contributed by atoms with Gasteiger partial charge >= 0.3 is 6.03 Å². The summed E-state index contributed by atoms with van der Waals surface area (Å²) < 4.78 is 1.70. The highest BCUT2D eigenvalue weighted by Crippen LogP contribution is 2.27. The Kier molecular flexibility index (Phi) is 5.02. The zero-order valence-corrected chi connectivity index (χ0v) is 16.5. The maximum absolute atomic E-state index is 12.2. The van der Waals surface area contributed by atoms with Gasteiger partial charge in [0.05, 0.1) is 11.4 Å². The van der Waals surface area contributed by atoms with E-state index >= 15 is 0 Å². The predicted octanol–water partition coefficient (Wildman–Crippen LogP) is 3.41. The van der Waals surface area contributed by atoms with E-state index < -0.39 is 17.8 Å². The van der Waals surface area contributed by atoms with Crippen LogP contribution in [-0.2, 0) is 9.59 Å². The van der Waals surface area contributed by atoms with Gasteiger partial charge < -0.3 is 0 Å². The predicted molar refractivity (Wildman–Crippen MR) is 113 cm³/mol. The third kappa shape index (κ3) is 3.77. The third-order valence-electron chi connectivity index (χ3n) is 4.86. The number of hydrogen-bond donors (Lipinski definition) is 2. The number of carbonyl (C=O) groups is 3. The van der Waals surface area contributed by atoms with Crippen molar-refractivity contribution in [2.75, 3.05) is 0 Å². The molecule has 7 nitrogen and oxygen atoms in total. The first kappa shape index (κ1) is 19.3. The SMILES string of the molecule is CC(C)c1ccc(-c2nn(-c3ccccc3)cc2C=C2C(=O)NC(=O)NC2=O)cc1. The molecule has 150 valence electrons. The fraction of sp³-hybridized carbons (Fsp3) is 0.130. The largest absolute Gasteiger partial charge is 0.328 e. The van der Waals surface area contributed by atoms with Crippen LogP contribution in [0.15, 0.2) is 66.4 Å². The molecule has 0 radical (unpaired) electrons. The standard InChI is InChI=1S/C23H20N4O3/c1-14(2)15-8-10-16(11-9-15)20-17(12-19-21(28)24-23(30)25-22(19)29)13-27(26-20)18-6-4-3-5-7-18/h3-14H,1-2H3,(H2,24,25,28,29,30). The highest BCUT2D eigenvalue weighted by atomic mass is 16.2. The molecule has 4 rings (SSSR count). The molecular weight excluding hydrogens is 380 g/mol. The maximum atomic E-state index is 12.2. The Morgan fingerprint density at radius 1 is 0.900 bits per heavy atom. The van der Waals surface area contributed by atoms with Crippen molar-refractivity contribution in [2.24, 2.45) is 0 Å². The summed E-state index contributed by atoms with van der Waals surface area (Å²) in [6.07, 6.45) is 3.21. The zero-order chi connectivity index (χ0) is 21.3. The molecule has 0 unspecified atom stereocenters. The number of imide groups is 2. The third-order valence-corrected chi connectivity index (χ3v) is 4.86. The number of aromatic nitrogens is 2. The summed E-state index contributed by atoms with van der Waals surface area (Å²) >= 11 is 0. The molecule has 0 atom stereocenters. The van der Waals surface area contributed by atoms with Crippen LogP contribution in [0.1, 0.15) is 30.9 Å². The monoisotopic (exact) mass is 400 g/mol. The van der Waals surface area contributed by atoms with Gasteiger partial charge in [-0.05, 0) is 29.7 Å². The molecule has 1 aliphatic rings. The van der Waals surface area contributed by atoms with Crippen molar-refractivity contribution in [3.05, 3.63) is 77.5 Å². The molecule has 7 heteroatoms. The van der Waals surface area contributed by atoms with Gasteiger partial charge in [0.1, 0.15) is 5.57 Å².